The Morgan fingerprint density at radius 1 is 1.04 bits per heavy atom. The standard InChI is InChI=1S/C21H22N2O3S/c1-16-10-12-23(13-14-27(16,24)25)21-9-11-22-20-8-7-18(15-19(20)21)26-17-5-3-2-4-6-17/h2-9,11,15-16H,10,12-14H2,1H3. The second kappa shape index (κ2) is 7.19. The highest BCUT2D eigenvalue weighted by molar-refractivity contribution is 7.92. The number of hydrogen-bond acceptors (Lipinski definition) is 5. The summed E-state index contributed by atoms with van der Waals surface area (Å²) in [5, 5.41) is 0.672. The number of hydrogen-bond donors (Lipinski definition) is 0. The van der Waals surface area contributed by atoms with Gasteiger partial charge in [0, 0.05) is 30.4 Å². The smallest absolute Gasteiger partial charge is 0.154 e. The van der Waals surface area contributed by atoms with E-state index in [1.165, 1.54) is 0 Å². The quantitative estimate of drug-likeness (QED) is 0.684. The Morgan fingerprint density at radius 3 is 2.67 bits per heavy atom. The Hall–Kier alpha value is -2.60. The van der Waals surface area contributed by atoms with Gasteiger partial charge in [-0.15, -0.1) is 0 Å². The summed E-state index contributed by atoms with van der Waals surface area (Å²) in [5.74, 6) is 1.69. The number of sulfone groups is 1. The molecule has 2 aromatic carbocycles. The zero-order chi connectivity index (χ0) is 18.9. The lowest BCUT2D eigenvalue weighted by molar-refractivity contribution is 0.483. The first kappa shape index (κ1) is 17.8. The summed E-state index contributed by atoms with van der Waals surface area (Å²) in [6, 6.07) is 17.4. The van der Waals surface area contributed by atoms with Crippen LogP contribution in [0, 0.1) is 0 Å². The predicted molar refractivity (Wildman–Crippen MR) is 108 cm³/mol. The molecule has 0 amide bonds. The number of ether oxygens (including phenoxy) is 1. The van der Waals surface area contributed by atoms with E-state index in [4.69, 9.17) is 4.74 Å². The van der Waals surface area contributed by atoms with Crippen LogP contribution >= 0.6 is 0 Å². The van der Waals surface area contributed by atoms with Gasteiger partial charge in [-0.1, -0.05) is 18.2 Å². The molecule has 27 heavy (non-hydrogen) atoms. The van der Waals surface area contributed by atoms with Gasteiger partial charge in [-0.25, -0.2) is 8.42 Å². The molecule has 1 atom stereocenters. The minimum atomic E-state index is -3.02. The Labute approximate surface area is 159 Å². The van der Waals surface area contributed by atoms with Crippen LogP contribution in [0.3, 0.4) is 0 Å². The van der Waals surface area contributed by atoms with Crippen LogP contribution in [0.4, 0.5) is 5.69 Å². The van der Waals surface area contributed by atoms with Gasteiger partial charge in [-0.3, -0.25) is 4.98 Å². The lowest BCUT2D eigenvalue weighted by Crippen LogP contribution is -2.27. The topological polar surface area (TPSA) is 59.5 Å². The van der Waals surface area contributed by atoms with Crippen molar-refractivity contribution in [2.45, 2.75) is 18.6 Å². The van der Waals surface area contributed by atoms with Crippen molar-refractivity contribution in [2.75, 3.05) is 23.7 Å². The van der Waals surface area contributed by atoms with Crippen molar-refractivity contribution in [3.8, 4) is 11.5 Å². The molecule has 0 aliphatic carbocycles. The third kappa shape index (κ3) is 3.76. The van der Waals surface area contributed by atoms with Gasteiger partial charge in [0.25, 0.3) is 0 Å². The Balaban J connectivity index is 1.69. The molecular formula is C21H22N2O3S. The van der Waals surface area contributed by atoms with Crippen molar-refractivity contribution >= 4 is 26.4 Å². The number of benzene rings is 2. The van der Waals surface area contributed by atoms with Crippen molar-refractivity contribution in [1.82, 2.24) is 4.98 Å². The van der Waals surface area contributed by atoms with Crippen LogP contribution in [0.2, 0.25) is 0 Å². The highest BCUT2D eigenvalue weighted by Crippen LogP contribution is 2.32. The molecule has 1 aromatic heterocycles. The van der Waals surface area contributed by atoms with Crippen LogP contribution in [-0.2, 0) is 9.84 Å². The molecule has 5 nitrogen and oxygen atoms in total. The molecule has 6 heteroatoms. The van der Waals surface area contributed by atoms with Gasteiger partial charge in [-0.2, -0.15) is 0 Å². The summed E-state index contributed by atoms with van der Waals surface area (Å²) < 4.78 is 30.4. The van der Waals surface area contributed by atoms with E-state index in [-0.39, 0.29) is 11.0 Å². The second-order valence-corrected chi connectivity index (χ2v) is 9.42. The molecule has 0 radical (unpaired) electrons. The van der Waals surface area contributed by atoms with Gasteiger partial charge < -0.3 is 9.64 Å². The number of pyridine rings is 1. The van der Waals surface area contributed by atoms with Crippen molar-refractivity contribution in [3.05, 3.63) is 60.8 Å². The molecule has 2 heterocycles. The molecule has 0 bridgehead atoms. The molecule has 0 N–H and O–H groups in total. The maximum absolute atomic E-state index is 12.2. The van der Waals surface area contributed by atoms with Crippen LogP contribution in [0.15, 0.2) is 60.8 Å². The van der Waals surface area contributed by atoms with Crippen molar-refractivity contribution in [1.29, 1.82) is 0 Å². The second-order valence-electron chi connectivity index (χ2n) is 6.88. The number of nitrogens with zero attached hydrogens (tertiary/aromatic N) is 2. The van der Waals surface area contributed by atoms with Crippen LogP contribution < -0.4 is 9.64 Å². The van der Waals surface area contributed by atoms with Gasteiger partial charge in [-0.05, 0) is 49.7 Å². The van der Waals surface area contributed by atoms with E-state index in [1.54, 1.807) is 13.1 Å². The van der Waals surface area contributed by atoms with Crippen LogP contribution in [-0.4, -0.2) is 37.5 Å². The maximum Gasteiger partial charge on any atom is 0.154 e. The predicted octanol–water partition coefficient (Wildman–Crippen LogP) is 4.04. The molecule has 3 aromatic rings. The third-order valence-electron chi connectivity index (χ3n) is 5.07. The van der Waals surface area contributed by atoms with E-state index >= 15 is 0 Å². The molecule has 4 rings (SSSR count). The lowest BCUT2D eigenvalue weighted by atomic mass is 10.1. The summed E-state index contributed by atoms with van der Waals surface area (Å²) in [7, 11) is -3.02. The van der Waals surface area contributed by atoms with Crippen LogP contribution in [0.1, 0.15) is 13.3 Å². The molecule has 1 unspecified atom stereocenters. The van der Waals surface area contributed by atoms with E-state index in [1.807, 2.05) is 54.6 Å². The van der Waals surface area contributed by atoms with E-state index in [2.05, 4.69) is 9.88 Å². The molecule has 0 saturated carbocycles. The number of anilines is 1. The van der Waals surface area contributed by atoms with Crippen molar-refractivity contribution in [2.24, 2.45) is 0 Å². The summed E-state index contributed by atoms with van der Waals surface area (Å²) in [5.41, 5.74) is 1.87. The fourth-order valence-electron chi connectivity index (χ4n) is 3.38. The normalized spacial score (nSPS) is 19.6. The number of fused-ring (bicyclic) bond motifs is 1. The Morgan fingerprint density at radius 2 is 1.85 bits per heavy atom. The van der Waals surface area contributed by atoms with Crippen molar-refractivity contribution < 1.29 is 13.2 Å². The Bertz CT molecular complexity index is 1050. The van der Waals surface area contributed by atoms with E-state index in [0.29, 0.717) is 19.5 Å². The van der Waals surface area contributed by atoms with Gasteiger partial charge >= 0.3 is 0 Å². The van der Waals surface area contributed by atoms with Crippen LogP contribution in [0.25, 0.3) is 10.9 Å². The van der Waals surface area contributed by atoms with Gasteiger partial charge in [0.05, 0.1) is 16.5 Å². The summed E-state index contributed by atoms with van der Waals surface area (Å²) in [6.45, 7) is 3.01. The van der Waals surface area contributed by atoms with Gasteiger partial charge in [0.1, 0.15) is 11.5 Å². The Kier molecular flexibility index (Phi) is 4.74. The monoisotopic (exact) mass is 382 g/mol. The maximum atomic E-state index is 12.2. The van der Waals surface area contributed by atoms with Crippen LogP contribution in [0.5, 0.6) is 11.5 Å². The molecule has 1 aliphatic heterocycles. The number of aromatic nitrogens is 1. The molecule has 0 spiro atoms. The molecule has 1 fully saturated rings. The number of para-hydroxylation sites is 1. The zero-order valence-corrected chi connectivity index (χ0v) is 16.0. The first-order valence-electron chi connectivity index (χ1n) is 9.11. The average molecular weight is 382 g/mol. The molecule has 1 saturated heterocycles. The van der Waals surface area contributed by atoms with Gasteiger partial charge in [0.2, 0.25) is 0 Å². The lowest BCUT2D eigenvalue weighted by Gasteiger charge is -2.24. The van der Waals surface area contributed by atoms with E-state index < -0.39 is 9.84 Å². The highest BCUT2D eigenvalue weighted by Gasteiger charge is 2.27. The minimum absolute atomic E-state index is 0.179. The fraction of sp³-hybridized carbons (Fsp3) is 0.286. The van der Waals surface area contributed by atoms with Crippen molar-refractivity contribution in [3.63, 3.8) is 0 Å². The average Bonchev–Trinajstić information content (AvgIpc) is 2.81. The first-order chi connectivity index (χ1) is 13.0. The fourth-order valence-corrected chi connectivity index (χ4v) is 4.72. The van der Waals surface area contributed by atoms with E-state index in [9.17, 15) is 8.42 Å². The third-order valence-corrected chi connectivity index (χ3v) is 7.29. The summed E-state index contributed by atoms with van der Waals surface area (Å²) >= 11 is 0. The van der Waals surface area contributed by atoms with E-state index in [0.717, 1.165) is 28.1 Å². The molecule has 1 aliphatic rings. The first-order valence-corrected chi connectivity index (χ1v) is 10.8. The number of rotatable bonds is 3. The SMILES string of the molecule is CC1CCN(c2ccnc3ccc(Oc4ccccc4)cc23)CCS1(=O)=O. The summed E-state index contributed by atoms with van der Waals surface area (Å²) in [6.07, 6.45) is 2.41. The zero-order valence-electron chi connectivity index (χ0n) is 15.2. The summed E-state index contributed by atoms with van der Waals surface area (Å²) in [4.78, 5) is 6.60. The highest BCUT2D eigenvalue weighted by atomic mass is 32.2. The van der Waals surface area contributed by atoms with Gasteiger partial charge in [0.15, 0.2) is 9.84 Å². The molecule has 140 valence electrons. The molecular weight excluding hydrogens is 360 g/mol. The largest absolute Gasteiger partial charge is 0.457 e. The minimum Gasteiger partial charge on any atom is -0.457 e.